The highest BCUT2D eigenvalue weighted by Gasteiger charge is 2.34. The van der Waals surface area contributed by atoms with Crippen LogP contribution in [0.5, 0.6) is 0 Å². The number of nitrogens with zero attached hydrogens (tertiary/aromatic N) is 6. The average Bonchev–Trinajstić information content (AvgIpc) is 3.17. The molecule has 24 heavy (non-hydrogen) atoms. The van der Waals surface area contributed by atoms with E-state index in [2.05, 4.69) is 29.6 Å². The molecule has 4 rings (SSSR count). The highest BCUT2D eigenvalue weighted by Crippen LogP contribution is 2.38. The molecule has 1 fully saturated rings. The molecule has 8 heteroatoms. The second-order valence-electron chi connectivity index (χ2n) is 7.08. The van der Waals surface area contributed by atoms with Gasteiger partial charge in [-0.1, -0.05) is 0 Å². The zero-order valence-corrected chi connectivity index (χ0v) is 14.4. The maximum absolute atomic E-state index is 13.0. The molecule has 0 saturated heterocycles. The SMILES string of the molecule is Cc1nnc2n1CC(CN(C)C)N(C(=O)c1cnc(C3CC3)[nH]1)C2. The second-order valence-corrected chi connectivity index (χ2v) is 7.08. The summed E-state index contributed by atoms with van der Waals surface area (Å²) >= 11 is 0. The van der Waals surface area contributed by atoms with Crippen molar-refractivity contribution in [1.29, 1.82) is 0 Å². The lowest BCUT2D eigenvalue weighted by Crippen LogP contribution is -2.51. The van der Waals surface area contributed by atoms with Crippen molar-refractivity contribution in [1.82, 2.24) is 34.5 Å². The third-order valence-electron chi connectivity index (χ3n) is 4.78. The van der Waals surface area contributed by atoms with Gasteiger partial charge in [-0.15, -0.1) is 10.2 Å². The van der Waals surface area contributed by atoms with Gasteiger partial charge in [0.25, 0.3) is 5.91 Å². The highest BCUT2D eigenvalue weighted by molar-refractivity contribution is 5.92. The Labute approximate surface area is 140 Å². The van der Waals surface area contributed by atoms with Crippen LogP contribution >= 0.6 is 0 Å². The number of fused-ring (bicyclic) bond motifs is 1. The Balaban J connectivity index is 1.61. The first-order valence-electron chi connectivity index (χ1n) is 8.42. The average molecular weight is 329 g/mol. The maximum atomic E-state index is 13.0. The number of aryl methyl sites for hydroxylation is 1. The summed E-state index contributed by atoms with van der Waals surface area (Å²) in [4.78, 5) is 24.6. The first-order valence-corrected chi connectivity index (χ1v) is 8.42. The van der Waals surface area contributed by atoms with Gasteiger partial charge in [-0.05, 0) is 33.9 Å². The molecule has 1 unspecified atom stereocenters. The van der Waals surface area contributed by atoms with Crippen molar-refractivity contribution in [3.8, 4) is 0 Å². The van der Waals surface area contributed by atoms with Crippen molar-refractivity contribution in [3.63, 3.8) is 0 Å². The highest BCUT2D eigenvalue weighted by atomic mass is 16.2. The summed E-state index contributed by atoms with van der Waals surface area (Å²) in [6.45, 7) is 3.96. The van der Waals surface area contributed by atoms with E-state index in [-0.39, 0.29) is 11.9 Å². The maximum Gasteiger partial charge on any atom is 0.272 e. The van der Waals surface area contributed by atoms with Crippen LogP contribution in [0.3, 0.4) is 0 Å². The Kier molecular flexibility index (Phi) is 3.64. The molecule has 1 atom stereocenters. The fourth-order valence-electron chi connectivity index (χ4n) is 3.35. The zero-order chi connectivity index (χ0) is 16.8. The third-order valence-corrected chi connectivity index (χ3v) is 4.78. The summed E-state index contributed by atoms with van der Waals surface area (Å²) in [5.41, 5.74) is 0.574. The lowest BCUT2D eigenvalue weighted by molar-refractivity contribution is 0.0537. The van der Waals surface area contributed by atoms with Gasteiger partial charge in [0.15, 0.2) is 5.82 Å². The molecule has 1 saturated carbocycles. The van der Waals surface area contributed by atoms with Gasteiger partial charge >= 0.3 is 0 Å². The first-order chi connectivity index (χ1) is 11.5. The van der Waals surface area contributed by atoms with Gasteiger partial charge in [0.05, 0.1) is 18.8 Å². The molecular weight excluding hydrogens is 306 g/mol. The van der Waals surface area contributed by atoms with E-state index in [1.165, 1.54) is 0 Å². The van der Waals surface area contributed by atoms with Crippen LogP contribution in [-0.2, 0) is 13.1 Å². The lowest BCUT2D eigenvalue weighted by Gasteiger charge is -2.37. The summed E-state index contributed by atoms with van der Waals surface area (Å²) in [5.74, 6) is 3.19. The molecule has 128 valence electrons. The quantitative estimate of drug-likeness (QED) is 0.896. The third kappa shape index (κ3) is 2.71. The zero-order valence-electron chi connectivity index (χ0n) is 14.4. The number of rotatable bonds is 4. The molecule has 1 N–H and O–H groups in total. The predicted molar refractivity (Wildman–Crippen MR) is 87.5 cm³/mol. The second kappa shape index (κ2) is 5.70. The van der Waals surface area contributed by atoms with Crippen molar-refractivity contribution >= 4 is 5.91 Å². The molecule has 1 aliphatic heterocycles. The van der Waals surface area contributed by atoms with E-state index in [0.717, 1.165) is 43.4 Å². The fraction of sp³-hybridized carbons (Fsp3) is 0.625. The number of amides is 1. The van der Waals surface area contributed by atoms with Crippen molar-refractivity contribution in [2.45, 2.75) is 44.8 Å². The number of hydrogen-bond donors (Lipinski definition) is 1. The molecular formula is C16H23N7O. The minimum absolute atomic E-state index is 0.00634. The summed E-state index contributed by atoms with van der Waals surface area (Å²) < 4.78 is 2.11. The number of H-pyrrole nitrogens is 1. The molecule has 0 radical (unpaired) electrons. The van der Waals surface area contributed by atoms with Crippen molar-refractivity contribution in [2.75, 3.05) is 20.6 Å². The van der Waals surface area contributed by atoms with Gasteiger partial charge in [0, 0.05) is 19.0 Å². The van der Waals surface area contributed by atoms with Gasteiger partial charge in [-0.2, -0.15) is 0 Å². The predicted octanol–water partition coefficient (Wildman–Crippen LogP) is 0.773. The van der Waals surface area contributed by atoms with Crippen LogP contribution in [0.2, 0.25) is 0 Å². The van der Waals surface area contributed by atoms with Crippen LogP contribution in [0.25, 0.3) is 0 Å². The molecule has 0 aromatic carbocycles. The Morgan fingerprint density at radius 3 is 2.88 bits per heavy atom. The van der Waals surface area contributed by atoms with Crippen molar-refractivity contribution < 1.29 is 4.79 Å². The molecule has 0 bridgehead atoms. The Morgan fingerprint density at radius 1 is 1.38 bits per heavy atom. The number of carbonyl (C=O) groups excluding carboxylic acids is 1. The van der Waals surface area contributed by atoms with Gasteiger partial charge in [0.1, 0.15) is 17.3 Å². The monoisotopic (exact) mass is 329 g/mol. The topological polar surface area (TPSA) is 82.9 Å². The minimum Gasteiger partial charge on any atom is -0.338 e. The number of imidazole rings is 1. The molecule has 3 heterocycles. The molecule has 8 nitrogen and oxygen atoms in total. The Morgan fingerprint density at radius 2 is 2.17 bits per heavy atom. The van der Waals surface area contributed by atoms with Crippen LogP contribution < -0.4 is 0 Å². The summed E-state index contributed by atoms with van der Waals surface area (Å²) in [6, 6.07) is 0.0855. The van der Waals surface area contributed by atoms with E-state index < -0.39 is 0 Å². The van der Waals surface area contributed by atoms with Crippen LogP contribution in [0.15, 0.2) is 6.20 Å². The van der Waals surface area contributed by atoms with E-state index >= 15 is 0 Å². The van der Waals surface area contributed by atoms with Crippen molar-refractivity contribution in [2.24, 2.45) is 0 Å². The van der Waals surface area contributed by atoms with Gasteiger partial charge in [-0.3, -0.25) is 4.79 Å². The van der Waals surface area contributed by atoms with E-state index in [9.17, 15) is 4.79 Å². The molecule has 1 amide bonds. The molecule has 2 aromatic heterocycles. The van der Waals surface area contributed by atoms with Crippen LogP contribution in [0, 0.1) is 6.92 Å². The molecule has 0 spiro atoms. The first kappa shape index (κ1) is 15.3. The molecule has 2 aliphatic rings. The number of aromatic nitrogens is 5. The summed E-state index contributed by atoms with van der Waals surface area (Å²) in [5, 5.41) is 8.37. The molecule has 1 aliphatic carbocycles. The minimum atomic E-state index is -0.00634. The molecule has 2 aromatic rings. The van der Waals surface area contributed by atoms with Gasteiger partial charge < -0.3 is 19.4 Å². The number of hydrogen-bond acceptors (Lipinski definition) is 5. The standard InChI is InChI=1S/C16H23N7O/c1-10-19-20-14-9-23(12(7-21(2)3)8-22(10)14)16(24)13-6-17-15(18-13)11-4-5-11/h6,11-12H,4-5,7-9H2,1-3H3,(H,17,18). The number of aromatic amines is 1. The fourth-order valence-corrected chi connectivity index (χ4v) is 3.35. The summed E-state index contributed by atoms with van der Waals surface area (Å²) in [6.07, 6.45) is 4.00. The smallest absolute Gasteiger partial charge is 0.272 e. The van der Waals surface area contributed by atoms with Gasteiger partial charge in [-0.25, -0.2) is 4.98 Å². The Hall–Kier alpha value is -2.22. The normalized spacial score (nSPS) is 20.5. The number of nitrogens with one attached hydrogen (secondary N) is 1. The summed E-state index contributed by atoms with van der Waals surface area (Å²) in [7, 11) is 4.05. The number of carbonyl (C=O) groups is 1. The van der Waals surface area contributed by atoms with Crippen LogP contribution in [0.4, 0.5) is 0 Å². The van der Waals surface area contributed by atoms with E-state index in [0.29, 0.717) is 18.2 Å². The van der Waals surface area contributed by atoms with Crippen LogP contribution in [0.1, 0.15) is 46.7 Å². The van der Waals surface area contributed by atoms with Gasteiger partial charge in [0.2, 0.25) is 0 Å². The van der Waals surface area contributed by atoms with Crippen LogP contribution in [-0.4, -0.2) is 67.1 Å². The van der Waals surface area contributed by atoms with E-state index in [1.54, 1.807) is 6.20 Å². The van der Waals surface area contributed by atoms with E-state index in [4.69, 9.17) is 0 Å². The lowest BCUT2D eigenvalue weighted by atomic mass is 10.1. The number of likely N-dealkylation sites (N-methyl/N-ethyl adjacent to an activating group) is 1. The van der Waals surface area contributed by atoms with Crippen molar-refractivity contribution in [3.05, 3.63) is 29.4 Å². The Bertz CT molecular complexity index is 758. The van der Waals surface area contributed by atoms with E-state index in [1.807, 2.05) is 25.9 Å². The largest absolute Gasteiger partial charge is 0.338 e.